The van der Waals surface area contributed by atoms with Crippen LogP contribution >= 0.6 is 0 Å². The number of likely N-dealkylation sites (N-methyl/N-ethyl adjacent to an activating group) is 1. The van der Waals surface area contributed by atoms with Gasteiger partial charge in [0.25, 0.3) is 11.8 Å². The molecule has 45 heavy (non-hydrogen) atoms. The number of nitriles is 1. The molecule has 1 atom stereocenters. The van der Waals surface area contributed by atoms with Crippen LogP contribution in [-0.2, 0) is 6.54 Å². The Hall–Kier alpha value is -5.34. The zero-order chi connectivity index (χ0) is 32.3. The van der Waals surface area contributed by atoms with Gasteiger partial charge in [0.1, 0.15) is 23.5 Å². The molecule has 232 valence electrons. The predicted octanol–water partition coefficient (Wildman–Crippen LogP) is 4.91. The van der Waals surface area contributed by atoms with Crippen LogP contribution in [0.15, 0.2) is 73.1 Å². The first-order valence-corrected chi connectivity index (χ1v) is 14.8. The molecule has 0 saturated heterocycles. The Morgan fingerprint density at radius 1 is 0.956 bits per heavy atom. The highest BCUT2D eigenvalue weighted by Gasteiger charge is 2.18. The second kappa shape index (κ2) is 15.4. The first kappa shape index (κ1) is 32.6. The molecule has 0 radical (unpaired) electrons. The number of pyridine rings is 2. The summed E-state index contributed by atoms with van der Waals surface area (Å²) in [6, 6.07) is 18.4. The number of aromatic nitrogens is 2. The number of nitrogen functional groups attached to an aromatic ring is 1. The van der Waals surface area contributed by atoms with Crippen LogP contribution in [0.1, 0.15) is 64.2 Å². The number of hydrogen-bond donors (Lipinski definition) is 4. The molecule has 0 bridgehead atoms. The number of carbonyl (C=O) groups is 2. The fourth-order valence-electron chi connectivity index (χ4n) is 4.73. The maximum absolute atomic E-state index is 13.3. The Morgan fingerprint density at radius 3 is 2.33 bits per heavy atom. The normalized spacial score (nSPS) is 11.5. The minimum absolute atomic E-state index is 0.168. The SMILES string of the molecule is CCN(CC)CCNC(=O)c1cc(-c2ccc(CNc3ncc(C#N)cc3C(=O)N[C@@H](C)c3ccc(F)cc3)cc2)cnc1N. The molecule has 11 heteroatoms. The van der Waals surface area contributed by atoms with E-state index >= 15 is 0 Å². The molecule has 0 aliphatic heterocycles. The van der Waals surface area contributed by atoms with Gasteiger partial charge in [-0.3, -0.25) is 9.59 Å². The van der Waals surface area contributed by atoms with Crippen LogP contribution in [-0.4, -0.2) is 52.9 Å². The van der Waals surface area contributed by atoms with E-state index in [0.717, 1.165) is 41.9 Å². The average molecular weight is 609 g/mol. The summed E-state index contributed by atoms with van der Waals surface area (Å²) in [6.07, 6.45) is 3.03. The van der Waals surface area contributed by atoms with E-state index in [4.69, 9.17) is 5.73 Å². The highest BCUT2D eigenvalue weighted by atomic mass is 19.1. The molecule has 2 aromatic heterocycles. The molecule has 0 unspecified atom stereocenters. The number of hydrogen-bond acceptors (Lipinski definition) is 8. The van der Waals surface area contributed by atoms with Gasteiger partial charge in [0.15, 0.2) is 0 Å². The lowest BCUT2D eigenvalue weighted by molar-refractivity contribution is 0.0935. The summed E-state index contributed by atoms with van der Waals surface area (Å²) in [7, 11) is 0. The monoisotopic (exact) mass is 608 g/mol. The largest absolute Gasteiger partial charge is 0.383 e. The topological polar surface area (TPSA) is 149 Å². The molecule has 0 saturated carbocycles. The fourth-order valence-corrected chi connectivity index (χ4v) is 4.73. The summed E-state index contributed by atoms with van der Waals surface area (Å²) in [4.78, 5) is 36.8. The van der Waals surface area contributed by atoms with E-state index in [0.29, 0.717) is 24.5 Å². The third-order valence-electron chi connectivity index (χ3n) is 7.50. The second-order valence-electron chi connectivity index (χ2n) is 10.5. The van der Waals surface area contributed by atoms with Crippen molar-refractivity contribution in [3.8, 4) is 17.2 Å². The summed E-state index contributed by atoms with van der Waals surface area (Å²) in [5.74, 6) is -0.556. The van der Waals surface area contributed by atoms with Crippen molar-refractivity contribution in [1.82, 2.24) is 25.5 Å². The van der Waals surface area contributed by atoms with E-state index in [1.165, 1.54) is 24.4 Å². The maximum atomic E-state index is 13.3. The second-order valence-corrected chi connectivity index (χ2v) is 10.5. The quantitative estimate of drug-likeness (QED) is 0.167. The molecule has 10 nitrogen and oxygen atoms in total. The Labute approximate surface area is 262 Å². The zero-order valence-corrected chi connectivity index (χ0v) is 25.6. The number of rotatable bonds is 13. The molecular formula is C34H37FN8O2. The lowest BCUT2D eigenvalue weighted by Gasteiger charge is -2.18. The Kier molecular flexibility index (Phi) is 11.2. The maximum Gasteiger partial charge on any atom is 0.255 e. The molecule has 0 aliphatic rings. The van der Waals surface area contributed by atoms with Crippen molar-refractivity contribution in [2.45, 2.75) is 33.4 Å². The Bertz CT molecular complexity index is 1670. The number of anilines is 2. The lowest BCUT2D eigenvalue weighted by atomic mass is 10.0. The van der Waals surface area contributed by atoms with Crippen molar-refractivity contribution in [1.29, 1.82) is 5.26 Å². The molecule has 0 aliphatic carbocycles. The van der Waals surface area contributed by atoms with Crippen LogP contribution in [0.3, 0.4) is 0 Å². The first-order valence-electron chi connectivity index (χ1n) is 14.8. The molecule has 5 N–H and O–H groups in total. The molecule has 2 heterocycles. The average Bonchev–Trinajstić information content (AvgIpc) is 3.06. The van der Waals surface area contributed by atoms with Crippen LogP contribution in [0.4, 0.5) is 16.0 Å². The van der Waals surface area contributed by atoms with Gasteiger partial charge < -0.3 is 26.6 Å². The van der Waals surface area contributed by atoms with Crippen molar-refractivity contribution in [3.05, 3.63) is 107 Å². The number of benzene rings is 2. The van der Waals surface area contributed by atoms with E-state index in [9.17, 15) is 19.2 Å². The molecular weight excluding hydrogens is 571 g/mol. The summed E-state index contributed by atoms with van der Waals surface area (Å²) < 4.78 is 13.3. The molecule has 2 aromatic carbocycles. The standard InChI is InChI=1S/C34H37FN8O2/c1-4-43(5-2)15-14-38-33(44)29-17-27(21-39-31(29)37)26-8-6-23(7-9-26)19-40-32-30(16-24(18-36)20-41-32)34(45)42-22(3)25-10-12-28(35)13-11-25/h6-13,16-17,20-22H,4-5,14-15,19H2,1-3H3,(H2,37,39)(H,38,44)(H,40,41)(H,42,45)/t22-/m0/s1. The Morgan fingerprint density at radius 2 is 1.67 bits per heavy atom. The summed E-state index contributed by atoms with van der Waals surface area (Å²) in [6.45, 7) is 9.40. The van der Waals surface area contributed by atoms with Gasteiger partial charge in [-0.15, -0.1) is 0 Å². The van der Waals surface area contributed by atoms with Gasteiger partial charge in [-0.2, -0.15) is 5.26 Å². The van der Waals surface area contributed by atoms with E-state index in [1.54, 1.807) is 31.3 Å². The predicted molar refractivity (Wildman–Crippen MR) is 173 cm³/mol. The molecule has 4 aromatic rings. The van der Waals surface area contributed by atoms with Gasteiger partial charge in [-0.1, -0.05) is 50.2 Å². The van der Waals surface area contributed by atoms with Crippen molar-refractivity contribution in [2.75, 3.05) is 37.2 Å². The third-order valence-corrected chi connectivity index (χ3v) is 7.50. The number of nitrogens with zero attached hydrogens (tertiary/aromatic N) is 4. The number of carbonyl (C=O) groups excluding carboxylic acids is 2. The Balaban J connectivity index is 1.43. The third kappa shape index (κ3) is 8.61. The van der Waals surface area contributed by atoms with Crippen molar-refractivity contribution in [3.63, 3.8) is 0 Å². The lowest BCUT2D eigenvalue weighted by Crippen LogP contribution is -2.35. The van der Waals surface area contributed by atoms with Crippen LogP contribution in [0.25, 0.3) is 11.1 Å². The molecule has 0 spiro atoms. The minimum Gasteiger partial charge on any atom is -0.383 e. The van der Waals surface area contributed by atoms with Gasteiger partial charge >= 0.3 is 0 Å². The summed E-state index contributed by atoms with van der Waals surface area (Å²) in [5.41, 5.74) is 10.1. The van der Waals surface area contributed by atoms with E-state index < -0.39 is 11.9 Å². The minimum atomic E-state index is -0.419. The van der Waals surface area contributed by atoms with Crippen molar-refractivity contribution < 1.29 is 14.0 Å². The van der Waals surface area contributed by atoms with E-state index in [2.05, 4.69) is 44.7 Å². The smallest absolute Gasteiger partial charge is 0.255 e. The number of halogens is 1. The number of nitrogens with two attached hydrogens (primary N) is 1. The highest BCUT2D eigenvalue weighted by molar-refractivity contribution is 6.00. The van der Waals surface area contributed by atoms with Gasteiger partial charge in [-0.25, -0.2) is 14.4 Å². The first-order chi connectivity index (χ1) is 21.7. The van der Waals surface area contributed by atoms with Gasteiger partial charge in [0.05, 0.1) is 22.7 Å². The van der Waals surface area contributed by atoms with E-state index in [-0.39, 0.29) is 28.7 Å². The highest BCUT2D eigenvalue weighted by Crippen LogP contribution is 2.24. The number of amides is 2. The molecule has 4 rings (SSSR count). The fraction of sp³-hybridized carbons (Fsp3) is 0.265. The summed E-state index contributed by atoms with van der Waals surface area (Å²) >= 11 is 0. The van der Waals surface area contributed by atoms with Crippen LogP contribution in [0, 0.1) is 17.1 Å². The molecule has 2 amide bonds. The van der Waals surface area contributed by atoms with Crippen LogP contribution < -0.4 is 21.7 Å². The molecule has 0 fully saturated rings. The van der Waals surface area contributed by atoms with Crippen molar-refractivity contribution in [2.24, 2.45) is 0 Å². The van der Waals surface area contributed by atoms with Gasteiger partial charge in [0.2, 0.25) is 0 Å². The van der Waals surface area contributed by atoms with Gasteiger partial charge in [-0.05, 0) is 61.0 Å². The van der Waals surface area contributed by atoms with Crippen LogP contribution in [0.5, 0.6) is 0 Å². The van der Waals surface area contributed by atoms with Crippen LogP contribution in [0.2, 0.25) is 0 Å². The summed E-state index contributed by atoms with van der Waals surface area (Å²) in [5, 5.41) is 18.4. The van der Waals surface area contributed by atoms with Gasteiger partial charge in [0, 0.05) is 37.6 Å². The van der Waals surface area contributed by atoms with Crippen molar-refractivity contribution >= 4 is 23.5 Å². The van der Waals surface area contributed by atoms with E-state index in [1.807, 2.05) is 30.3 Å². The number of nitrogens with one attached hydrogen (secondary N) is 3. The zero-order valence-electron chi connectivity index (χ0n) is 25.6.